The molecule has 0 bridgehead atoms. The Labute approximate surface area is 128 Å². The van der Waals surface area contributed by atoms with E-state index in [-0.39, 0.29) is 18.4 Å². The van der Waals surface area contributed by atoms with Crippen molar-refractivity contribution >= 4 is 11.3 Å². The van der Waals surface area contributed by atoms with E-state index in [0.717, 1.165) is 10.7 Å². The second-order valence-corrected chi connectivity index (χ2v) is 6.37. The number of rotatable bonds is 5. The predicted octanol–water partition coefficient (Wildman–Crippen LogP) is 2.51. The first-order chi connectivity index (χ1) is 9.93. The molecule has 1 unspecified atom stereocenters. The minimum absolute atomic E-state index is 0.134. The van der Waals surface area contributed by atoms with Gasteiger partial charge in [-0.25, -0.2) is 4.98 Å². The number of nitrogens with zero attached hydrogens (tertiary/aromatic N) is 2. The molecule has 1 atom stereocenters. The number of aromatic nitrogens is 2. The fraction of sp³-hybridized carbons (Fsp3) is 0.467. The van der Waals surface area contributed by atoms with Crippen molar-refractivity contribution in [2.45, 2.75) is 46.9 Å². The molecule has 0 aliphatic heterocycles. The summed E-state index contributed by atoms with van der Waals surface area (Å²) in [5, 5.41) is 23.9. The molecule has 2 aromatic heterocycles. The van der Waals surface area contributed by atoms with Gasteiger partial charge in [0, 0.05) is 34.8 Å². The zero-order chi connectivity index (χ0) is 15.6. The van der Waals surface area contributed by atoms with Gasteiger partial charge < -0.3 is 15.5 Å². The zero-order valence-corrected chi connectivity index (χ0v) is 13.6. The van der Waals surface area contributed by atoms with Gasteiger partial charge in [-0.05, 0) is 27.7 Å². The summed E-state index contributed by atoms with van der Waals surface area (Å²) in [6.45, 7) is 8.16. The quantitative estimate of drug-likeness (QED) is 0.791. The molecule has 6 heteroatoms. The van der Waals surface area contributed by atoms with E-state index in [2.05, 4.69) is 22.2 Å². The Morgan fingerprint density at radius 1 is 1.29 bits per heavy atom. The van der Waals surface area contributed by atoms with Crippen molar-refractivity contribution in [3.8, 4) is 5.75 Å². The molecule has 3 N–H and O–H groups in total. The van der Waals surface area contributed by atoms with Crippen LogP contribution in [0.2, 0.25) is 0 Å². The molecular weight excluding hydrogens is 286 g/mol. The number of thiazole rings is 1. The lowest BCUT2D eigenvalue weighted by atomic mass is 10.1. The number of aromatic hydroxyl groups is 1. The highest BCUT2D eigenvalue weighted by molar-refractivity contribution is 7.11. The number of hydrogen-bond acceptors (Lipinski definition) is 6. The van der Waals surface area contributed by atoms with Crippen LogP contribution in [0, 0.1) is 20.8 Å². The van der Waals surface area contributed by atoms with E-state index in [1.165, 1.54) is 4.88 Å². The summed E-state index contributed by atoms with van der Waals surface area (Å²) < 4.78 is 0. The van der Waals surface area contributed by atoms with Gasteiger partial charge in [0.25, 0.3) is 0 Å². The summed E-state index contributed by atoms with van der Waals surface area (Å²) >= 11 is 1.68. The van der Waals surface area contributed by atoms with Gasteiger partial charge in [0.15, 0.2) is 0 Å². The van der Waals surface area contributed by atoms with Gasteiger partial charge >= 0.3 is 0 Å². The minimum Gasteiger partial charge on any atom is -0.506 e. The summed E-state index contributed by atoms with van der Waals surface area (Å²) in [4.78, 5) is 9.70. The number of aliphatic hydroxyl groups is 1. The first-order valence-corrected chi connectivity index (χ1v) is 7.70. The molecule has 0 aliphatic carbocycles. The van der Waals surface area contributed by atoms with E-state index in [1.54, 1.807) is 24.5 Å². The van der Waals surface area contributed by atoms with Crippen molar-refractivity contribution in [1.29, 1.82) is 0 Å². The molecule has 2 heterocycles. The second-order valence-electron chi connectivity index (χ2n) is 5.14. The summed E-state index contributed by atoms with van der Waals surface area (Å²) in [5.41, 5.74) is 2.96. The largest absolute Gasteiger partial charge is 0.506 e. The van der Waals surface area contributed by atoms with Gasteiger partial charge in [-0.1, -0.05) is 0 Å². The van der Waals surface area contributed by atoms with E-state index in [0.29, 0.717) is 23.4 Å². The third-order valence-corrected chi connectivity index (χ3v) is 4.77. The summed E-state index contributed by atoms with van der Waals surface area (Å²) in [5.74, 6) is 0.151. The molecule has 0 fully saturated rings. The van der Waals surface area contributed by atoms with Crippen molar-refractivity contribution in [2.24, 2.45) is 0 Å². The van der Waals surface area contributed by atoms with Crippen LogP contribution < -0.4 is 5.32 Å². The third kappa shape index (κ3) is 3.40. The summed E-state index contributed by atoms with van der Waals surface area (Å²) in [7, 11) is 0. The highest BCUT2D eigenvalue weighted by Crippen LogP contribution is 2.27. The van der Waals surface area contributed by atoms with Gasteiger partial charge in [-0.15, -0.1) is 11.3 Å². The van der Waals surface area contributed by atoms with Crippen LogP contribution in [0.5, 0.6) is 5.75 Å². The van der Waals surface area contributed by atoms with E-state index in [1.807, 2.05) is 13.8 Å². The number of nitrogens with one attached hydrogen (secondary N) is 1. The Kier molecular flexibility index (Phi) is 4.92. The van der Waals surface area contributed by atoms with E-state index in [9.17, 15) is 10.2 Å². The van der Waals surface area contributed by atoms with Gasteiger partial charge in [0.1, 0.15) is 5.75 Å². The van der Waals surface area contributed by atoms with Crippen LogP contribution >= 0.6 is 11.3 Å². The van der Waals surface area contributed by atoms with Crippen LogP contribution in [-0.4, -0.2) is 20.2 Å². The maximum absolute atomic E-state index is 10.1. The van der Waals surface area contributed by atoms with Gasteiger partial charge in [-0.2, -0.15) is 0 Å². The van der Waals surface area contributed by atoms with Crippen molar-refractivity contribution in [2.75, 3.05) is 0 Å². The predicted molar refractivity (Wildman–Crippen MR) is 83.4 cm³/mol. The number of pyridine rings is 1. The zero-order valence-electron chi connectivity index (χ0n) is 12.8. The Bertz CT molecular complexity index is 640. The Balaban J connectivity index is 2.16. The minimum atomic E-state index is -0.134. The van der Waals surface area contributed by atoms with Gasteiger partial charge in [0.2, 0.25) is 0 Å². The van der Waals surface area contributed by atoms with Crippen molar-refractivity contribution in [1.82, 2.24) is 15.3 Å². The molecule has 21 heavy (non-hydrogen) atoms. The van der Waals surface area contributed by atoms with Crippen molar-refractivity contribution in [3.05, 3.63) is 38.6 Å². The molecular formula is C15H21N3O2S. The van der Waals surface area contributed by atoms with E-state index in [4.69, 9.17) is 0 Å². The topological polar surface area (TPSA) is 78.3 Å². The van der Waals surface area contributed by atoms with Crippen LogP contribution in [0.25, 0.3) is 0 Å². The van der Waals surface area contributed by atoms with Crippen LogP contribution in [0.15, 0.2) is 6.20 Å². The Hall–Kier alpha value is -1.50. The molecule has 0 saturated carbocycles. The summed E-state index contributed by atoms with van der Waals surface area (Å²) in [6, 6.07) is 0.135. The Morgan fingerprint density at radius 3 is 2.57 bits per heavy atom. The molecule has 0 amide bonds. The summed E-state index contributed by atoms with van der Waals surface area (Å²) in [6.07, 6.45) is 1.61. The third-order valence-electron chi connectivity index (χ3n) is 3.52. The molecule has 0 radical (unpaired) electrons. The van der Waals surface area contributed by atoms with Crippen LogP contribution in [0.3, 0.4) is 0 Å². The average Bonchev–Trinajstić information content (AvgIpc) is 2.79. The van der Waals surface area contributed by atoms with E-state index >= 15 is 0 Å². The molecule has 2 aromatic rings. The average molecular weight is 307 g/mol. The fourth-order valence-corrected chi connectivity index (χ4v) is 3.27. The molecule has 0 saturated heterocycles. The maximum Gasteiger partial charge on any atom is 0.141 e. The molecule has 2 rings (SSSR count). The fourth-order valence-electron chi connectivity index (χ4n) is 2.31. The monoisotopic (exact) mass is 307 g/mol. The lowest BCUT2D eigenvalue weighted by Gasteiger charge is -2.16. The molecule has 0 aromatic carbocycles. The normalized spacial score (nSPS) is 12.6. The molecule has 5 nitrogen and oxygen atoms in total. The highest BCUT2D eigenvalue weighted by Gasteiger charge is 2.15. The first kappa shape index (κ1) is 15.9. The van der Waals surface area contributed by atoms with E-state index < -0.39 is 0 Å². The standard InChI is InChI=1S/C15H21N3O2S/c1-8-14(20)13(12(7-19)5-16-8)6-17-9(2)15-10(3)18-11(4)21-15/h5,9,17,19-20H,6-7H2,1-4H3. The van der Waals surface area contributed by atoms with Crippen molar-refractivity contribution in [3.63, 3.8) is 0 Å². The Morgan fingerprint density at radius 2 is 2.00 bits per heavy atom. The lowest BCUT2D eigenvalue weighted by molar-refractivity contribution is 0.278. The number of hydrogen-bond donors (Lipinski definition) is 3. The maximum atomic E-state index is 10.1. The van der Waals surface area contributed by atoms with Crippen molar-refractivity contribution < 1.29 is 10.2 Å². The SMILES string of the molecule is Cc1nc(C)c(C(C)NCc2c(CO)cnc(C)c2O)s1. The smallest absolute Gasteiger partial charge is 0.141 e. The van der Waals surface area contributed by atoms with Crippen LogP contribution in [-0.2, 0) is 13.2 Å². The van der Waals surface area contributed by atoms with Crippen LogP contribution in [0.1, 0.15) is 45.4 Å². The first-order valence-electron chi connectivity index (χ1n) is 6.88. The van der Waals surface area contributed by atoms with Gasteiger partial charge in [-0.3, -0.25) is 4.98 Å². The second kappa shape index (κ2) is 6.51. The number of aliphatic hydroxyl groups excluding tert-OH is 1. The van der Waals surface area contributed by atoms with Gasteiger partial charge in [0.05, 0.1) is 23.0 Å². The molecule has 114 valence electrons. The lowest BCUT2D eigenvalue weighted by Crippen LogP contribution is -2.19. The number of aryl methyl sites for hydroxylation is 3. The highest BCUT2D eigenvalue weighted by atomic mass is 32.1. The van der Waals surface area contributed by atoms with Crippen LogP contribution in [0.4, 0.5) is 0 Å². The molecule has 0 spiro atoms. The molecule has 0 aliphatic rings.